The molecule has 3 N–H and O–H groups in total. The number of carbonyl (C=O) groups excluding carboxylic acids is 1. The van der Waals surface area contributed by atoms with E-state index in [1.807, 2.05) is 0 Å². The number of amides is 1. The van der Waals surface area contributed by atoms with Crippen LogP contribution in [0.1, 0.15) is 25.7 Å². The SMILES string of the molecule is CNC(COC1CCOCC1)(C(N)=O)C1CC1. The molecule has 0 bridgehead atoms. The zero-order chi connectivity index (χ0) is 12.3. The Labute approximate surface area is 102 Å². The van der Waals surface area contributed by atoms with Gasteiger partial charge in [-0.25, -0.2) is 0 Å². The molecule has 0 aromatic heterocycles. The second-order valence-corrected chi connectivity index (χ2v) is 4.98. The van der Waals surface area contributed by atoms with E-state index in [0.717, 1.165) is 38.9 Å². The van der Waals surface area contributed by atoms with Gasteiger partial charge >= 0.3 is 0 Å². The van der Waals surface area contributed by atoms with Crippen molar-refractivity contribution < 1.29 is 14.3 Å². The lowest BCUT2D eigenvalue weighted by Crippen LogP contribution is -2.59. The lowest BCUT2D eigenvalue weighted by molar-refractivity contribution is -0.130. The van der Waals surface area contributed by atoms with E-state index in [0.29, 0.717) is 12.5 Å². The van der Waals surface area contributed by atoms with Crippen molar-refractivity contribution in [3.63, 3.8) is 0 Å². The van der Waals surface area contributed by atoms with Crippen molar-refractivity contribution in [2.75, 3.05) is 26.9 Å². The fraction of sp³-hybridized carbons (Fsp3) is 0.917. The third-order valence-electron chi connectivity index (χ3n) is 3.88. The van der Waals surface area contributed by atoms with Gasteiger partial charge < -0.3 is 20.5 Å². The molecular formula is C12H22N2O3. The van der Waals surface area contributed by atoms with Crippen LogP contribution in [-0.2, 0) is 14.3 Å². The molecule has 1 aliphatic heterocycles. The van der Waals surface area contributed by atoms with E-state index in [4.69, 9.17) is 15.2 Å². The number of primary amides is 1. The summed E-state index contributed by atoms with van der Waals surface area (Å²) in [5.41, 5.74) is 4.86. The molecule has 2 aliphatic rings. The highest BCUT2D eigenvalue weighted by atomic mass is 16.5. The molecule has 2 rings (SSSR count). The molecule has 1 unspecified atom stereocenters. The summed E-state index contributed by atoms with van der Waals surface area (Å²) in [6, 6.07) is 0. The molecule has 0 radical (unpaired) electrons. The monoisotopic (exact) mass is 242 g/mol. The van der Waals surface area contributed by atoms with Gasteiger partial charge in [-0.2, -0.15) is 0 Å². The second kappa shape index (κ2) is 5.33. The summed E-state index contributed by atoms with van der Waals surface area (Å²) in [6.07, 6.45) is 4.13. The summed E-state index contributed by atoms with van der Waals surface area (Å²) in [5.74, 6) is 0.0411. The molecule has 1 saturated heterocycles. The zero-order valence-corrected chi connectivity index (χ0v) is 10.4. The van der Waals surface area contributed by atoms with E-state index in [1.165, 1.54) is 0 Å². The van der Waals surface area contributed by atoms with Crippen molar-refractivity contribution >= 4 is 5.91 Å². The third-order valence-corrected chi connectivity index (χ3v) is 3.88. The molecule has 1 saturated carbocycles. The lowest BCUT2D eigenvalue weighted by atomic mass is 9.93. The molecule has 2 fully saturated rings. The standard InChI is InChI=1S/C12H22N2O3/c1-14-12(11(13)15,9-2-3-9)8-17-10-4-6-16-7-5-10/h9-10,14H,2-8H2,1H3,(H2,13,15). The topological polar surface area (TPSA) is 73.6 Å². The first-order chi connectivity index (χ1) is 8.19. The summed E-state index contributed by atoms with van der Waals surface area (Å²) in [7, 11) is 1.79. The van der Waals surface area contributed by atoms with E-state index in [9.17, 15) is 4.79 Å². The van der Waals surface area contributed by atoms with Crippen LogP contribution in [-0.4, -0.2) is 44.4 Å². The summed E-state index contributed by atoms with van der Waals surface area (Å²) < 4.78 is 11.1. The van der Waals surface area contributed by atoms with E-state index in [-0.39, 0.29) is 12.0 Å². The van der Waals surface area contributed by atoms with Gasteiger partial charge in [0.1, 0.15) is 5.54 Å². The Morgan fingerprint density at radius 1 is 1.41 bits per heavy atom. The highest BCUT2D eigenvalue weighted by molar-refractivity contribution is 5.85. The summed E-state index contributed by atoms with van der Waals surface area (Å²) in [5, 5.41) is 3.09. The normalized spacial score (nSPS) is 25.5. The van der Waals surface area contributed by atoms with E-state index >= 15 is 0 Å². The number of nitrogens with one attached hydrogen (secondary N) is 1. The van der Waals surface area contributed by atoms with Crippen molar-refractivity contribution in [3.05, 3.63) is 0 Å². The number of likely N-dealkylation sites (N-methyl/N-ethyl adjacent to an activating group) is 1. The first kappa shape index (κ1) is 12.8. The quantitative estimate of drug-likeness (QED) is 0.689. The van der Waals surface area contributed by atoms with Gasteiger partial charge in [0, 0.05) is 13.2 Å². The molecule has 0 spiro atoms. The largest absolute Gasteiger partial charge is 0.381 e. The molecule has 1 amide bonds. The molecule has 5 nitrogen and oxygen atoms in total. The molecular weight excluding hydrogens is 220 g/mol. The van der Waals surface area contributed by atoms with Gasteiger partial charge in [0.05, 0.1) is 12.7 Å². The van der Waals surface area contributed by atoms with Crippen molar-refractivity contribution in [3.8, 4) is 0 Å². The smallest absolute Gasteiger partial charge is 0.240 e. The number of rotatable bonds is 6. The predicted molar refractivity (Wildman–Crippen MR) is 63.5 cm³/mol. The van der Waals surface area contributed by atoms with Crippen LogP contribution >= 0.6 is 0 Å². The van der Waals surface area contributed by atoms with Crippen LogP contribution in [0.5, 0.6) is 0 Å². The summed E-state index contributed by atoms with van der Waals surface area (Å²) >= 11 is 0. The maximum Gasteiger partial charge on any atom is 0.240 e. The highest BCUT2D eigenvalue weighted by Crippen LogP contribution is 2.40. The molecule has 98 valence electrons. The number of carbonyl (C=O) groups is 1. The third kappa shape index (κ3) is 2.78. The van der Waals surface area contributed by atoms with Crippen LogP contribution in [0.15, 0.2) is 0 Å². The molecule has 1 atom stereocenters. The number of hydrogen-bond donors (Lipinski definition) is 2. The average Bonchev–Trinajstić information content (AvgIpc) is 3.16. The van der Waals surface area contributed by atoms with E-state index in [1.54, 1.807) is 7.05 Å². The van der Waals surface area contributed by atoms with E-state index in [2.05, 4.69) is 5.32 Å². The van der Waals surface area contributed by atoms with Crippen LogP contribution in [0, 0.1) is 5.92 Å². The Morgan fingerprint density at radius 2 is 2.06 bits per heavy atom. The molecule has 0 aromatic rings. The number of ether oxygens (including phenoxy) is 2. The molecule has 0 aromatic carbocycles. The Balaban J connectivity index is 1.90. The molecule has 1 aliphatic carbocycles. The van der Waals surface area contributed by atoms with Crippen molar-refractivity contribution in [2.45, 2.75) is 37.3 Å². The second-order valence-electron chi connectivity index (χ2n) is 4.98. The molecule has 5 heteroatoms. The van der Waals surface area contributed by atoms with Crippen LogP contribution in [0.2, 0.25) is 0 Å². The van der Waals surface area contributed by atoms with E-state index < -0.39 is 5.54 Å². The maximum atomic E-state index is 11.7. The van der Waals surface area contributed by atoms with Crippen LogP contribution in [0.3, 0.4) is 0 Å². The lowest BCUT2D eigenvalue weighted by Gasteiger charge is -2.33. The van der Waals surface area contributed by atoms with Crippen molar-refractivity contribution in [2.24, 2.45) is 11.7 Å². The average molecular weight is 242 g/mol. The Morgan fingerprint density at radius 3 is 2.53 bits per heavy atom. The number of hydrogen-bond acceptors (Lipinski definition) is 4. The molecule has 17 heavy (non-hydrogen) atoms. The van der Waals surface area contributed by atoms with Crippen molar-refractivity contribution in [1.29, 1.82) is 0 Å². The fourth-order valence-corrected chi connectivity index (χ4v) is 2.46. The van der Waals surface area contributed by atoms with Crippen molar-refractivity contribution in [1.82, 2.24) is 5.32 Å². The Bertz CT molecular complexity index is 275. The van der Waals surface area contributed by atoms with Gasteiger partial charge in [-0.1, -0.05) is 0 Å². The van der Waals surface area contributed by atoms with Crippen LogP contribution in [0.4, 0.5) is 0 Å². The van der Waals surface area contributed by atoms with Gasteiger partial charge in [-0.3, -0.25) is 4.79 Å². The predicted octanol–water partition coefficient (Wildman–Crippen LogP) is 0.0355. The zero-order valence-electron chi connectivity index (χ0n) is 10.4. The first-order valence-corrected chi connectivity index (χ1v) is 6.37. The number of nitrogens with two attached hydrogens (primary N) is 1. The summed E-state index contributed by atoms with van der Waals surface area (Å²) in [6.45, 7) is 1.88. The van der Waals surface area contributed by atoms with Gasteiger partial charge in [0.15, 0.2) is 0 Å². The van der Waals surface area contributed by atoms with Gasteiger partial charge in [-0.05, 0) is 38.6 Å². The van der Waals surface area contributed by atoms with Gasteiger partial charge in [0.25, 0.3) is 0 Å². The maximum absolute atomic E-state index is 11.7. The minimum absolute atomic E-state index is 0.203. The Kier molecular flexibility index (Phi) is 4.01. The minimum Gasteiger partial charge on any atom is -0.381 e. The fourth-order valence-electron chi connectivity index (χ4n) is 2.46. The Hall–Kier alpha value is -0.650. The summed E-state index contributed by atoms with van der Waals surface area (Å²) in [4.78, 5) is 11.7. The van der Waals surface area contributed by atoms with Crippen LogP contribution in [0.25, 0.3) is 0 Å². The first-order valence-electron chi connectivity index (χ1n) is 6.37. The van der Waals surface area contributed by atoms with Gasteiger partial charge in [0.2, 0.25) is 5.91 Å². The van der Waals surface area contributed by atoms with Gasteiger partial charge in [-0.15, -0.1) is 0 Å². The minimum atomic E-state index is -0.668. The molecule has 1 heterocycles. The van der Waals surface area contributed by atoms with Crippen LogP contribution < -0.4 is 11.1 Å². The highest BCUT2D eigenvalue weighted by Gasteiger charge is 2.49.